The summed E-state index contributed by atoms with van der Waals surface area (Å²) in [6, 6.07) is 8.04. The van der Waals surface area contributed by atoms with Gasteiger partial charge in [-0.3, -0.25) is 4.79 Å². The molecule has 0 saturated heterocycles. The van der Waals surface area contributed by atoms with Crippen LogP contribution in [-0.2, 0) is 25.4 Å². The predicted octanol–water partition coefficient (Wildman–Crippen LogP) is 2.65. The van der Waals surface area contributed by atoms with E-state index in [4.69, 9.17) is 14.2 Å². The van der Waals surface area contributed by atoms with Gasteiger partial charge < -0.3 is 24.5 Å². The number of rotatable bonds is 11. The third kappa shape index (κ3) is 7.25. The molecule has 1 heterocycles. The molecular weight excluding hydrogens is 400 g/mol. The van der Waals surface area contributed by atoms with E-state index in [1.54, 1.807) is 13.8 Å². The summed E-state index contributed by atoms with van der Waals surface area (Å²) in [5, 5.41) is 2.74. The summed E-state index contributed by atoms with van der Waals surface area (Å²) >= 11 is 0. The normalized spacial score (nSPS) is 10.6. The second-order valence-corrected chi connectivity index (χ2v) is 7.23. The number of amides is 1. The van der Waals surface area contributed by atoms with E-state index in [1.807, 2.05) is 31.2 Å². The molecule has 0 radical (unpaired) electrons. The molecular formula is C23H30N2O6. The zero-order valence-corrected chi connectivity index (χ0v) is 18.5. The molecule has 2 N–H and O–H groups in total. The van der Waals surface area contributed by atoms with E-state index in [1.165, 1.54) is 12.7 Å². The highest BCUT2D eigenvalue weighted by molar-refractivity contribution is 5.98. The maximum absolute atomic E-state index is 12.4. The summed E-state index contributed by atoms with van der Waals surface area (Å²) in [5.74, 6) is -1.22. The molecule has 0 aliphatic rings. The number of ether oxygens (including phenoxy) is 3. The highest BCUT2D eigenvalue weighted by atomic mass is 16.6. The minimum absolute atomic E-state index is 0.0280. The number of nitrogens with one attached hydrogen (secondary N) is 2. The number of benzene rings is 1. The highest BCUT2D eigenvalue weighted by Gasteiger charge is 2.23. The van der Waals surface area contributed by atoms with Crippen LogP contribution in [0.3, 0.4) is 0 Å². The van der Waals surface area contributed by atoms with E-state index in [0.717, 1.165) is 5.56 Å². The van der Waals surface area contributed by atoms with Gasteiger partial charge in [-0.15, -0.1) is 0 Å². The van der Waals surface area contributed by atoms with Crippen molar-refractivity contribution in [2.75, 3.05) is 33.5 Å². The van der Waals surface area contributed by atoms with Crippen LogP contribution in [0.25, 0.3) is 0 Å². The van der Waals surface area contributed by atoms with Crippen molar-refractivity contribution >= 4 is 17.8 Å². The molecule has 0 atom stereocenters. The average Bonchev–Trinajstić information content (AvgIpc) is 3.05. The van der Waals surface area contributed by atoms with E-state index in [9.17, 15) is 14.4 Å². The molecule has 0 aliphatic carbocycles. The van der Waals surface area contributed by atoms with Gasteiger partial charge in [0, 0.05) is 19.2 Å². The Morgan fingerprint density at radius 1 is 0.935 bits per heavy atom. The van der Waals surface area contributed by atoms with E-state index >= 15 is 0 Å². The van der Waals surface area contributed by atoms with E-state index in [-0.39, 0.29) is 31.4 Å². The summed E-state index contributed by atoms with van der Waals surface area (Å²) in [7, 11) is 1.52. The number of aromatic amines is 1. The lowest BCUT2D eigenvalue weighted by molar-refractivity contribution is -0.121. The van der Waals surface area contributed by atoms with Gasteiger partial charge in [-0.1, -0.05) is 29.8 Å². The second kappa shape index (κ2) is 11.9. The number of aryl methyl sites for hydroxylation is 3. The fourth-order valence-corrected chi connectivity index (χ4v) is 3.06. The molecule has 1 amide bonds. The largest absolute Gasteiger partial charge is 0.460 e. The first-order valence-corrected chi connectivity index (χ1v) is 10.2. The molecule has 8 heteroatoms. The van der Waals surface area contributed by atoms with Gasteiger partial charge >= 0.3 is 11.9 Å². The zero-order chi connectivity index (χ0) is 22.8. The fourth-order valence-electron chi connectivity index (χ4n) is 3.06. The summed E-state index contributed by atoms with van der Waals surface area (Å²) in [6.07, 6.45) is 1.01. The average molecular weight is 431 g/mol. The first-order chi connectivity index (χ1) is 14.8. The van der Waals surface area contributed by atoms with Crippen LogP contribution in [0.1, 0.15) is 49.7 Å². The quantitative estimate of drug-likeness (QED) is 0.419. The number of hydrogen-bond donors (Lipinski definition) is 2. The van der Waals surface area contributed by atoms with Gasteiger partial charge in [0.15, 0.2) is 0 Å². The van der Waals surface area contributed by atoms with Crippen LogP contribution < -0.4 is 5.32 Å². The maximum atomic E-state index is 12.4. The van der Waals surface area contributed by atoms with E-state index < -0.39 is 11.9 Å². The van der Waals surface area contributed by atoms with Crippen molar-refractivity contribution in [1.29, 1.82) is 0 Å². The number of esters is 2. The second-order valence-electron chi connectivity index (χ2n) is 7.23. The Kier molecular flexibility index (Phi) is 9.27. The lowest BCUT2D eigenvalue weighted by Gasteiger charge is -2.07. The lowest BCUT2D eigenvalue weighted by Crippen LogP contribution is -2.28. The van der Waals surface area contributed by atoms with Gasteiger partial charge in [0.1, 0.15) is 18.9 Å². The Morgan fingerprint density at radius 2 is 1.61 bits per heavy atom. The minimum Gasteiger partial charge on any atom is -0.460 e. The maximum Gasteiger partial charge on any atom is 0.355 e. The minimum atomic E-state index is -0.592. The van der Waals surface area contributed by atoms with Crippen LogP contribution in [0, 0.1) is 20.8 Å². The monoisotopic (exact) mass is 430 g/mol. The Balaban J connectivity index is 1.77. The number of carbonyl (C=O) groups excluding carboxylic acids is 3. The molecule has 168 valence electrons. The van der Waals surface area contributed by atoms with Gasteiger partial charge in [0.25, 0.3) is 0 Å². The number of aromatic nitrogens is 1. The van der Waals surface area contributed by atoms with Gasteiger partial charge in [-0.2, -0.15) is 0 Å². The van der Waals surface area contributed by atoms with Crippen molar-refractivity contribution in [2.45, 2.75) is 33.6 Å². The van der Waals surface area contributed by atoms with Crippen molar-refractivity contribution in [3.05, 3.63) is 57.9 Å². The molecule has 0 saturated carbocycles. The molecule has 0 bridgehead atoms. The number of methoxy groups -OCH3 is 1. The molecule has 0 fully saturated rings. The number of carbonyl (C=O) groups is 3. The summed E-state index contributed by atoms with van der Waals surface area (Å²) < 4.78 is 15.2. The number of H-pyrrole nitrogens is 1. The van der Waals surface area contributed by atoms with Gasteiger partial charge in [-0.25, -0.2) is 9.59 Å². The third-order valence-electron chi connectivity index (χ3n) is 4.79. The zero-order valence-electron chi connectivity index (χ0n) is 18.5. The molecule has 2 aromatic rings. The van der Waals surface area contributed by atoms with Crippen LogP contribution in [0.5, 0.6) is 0 Å². The molecule has 0 unspecified atom stereocenters. The Labute approximate surface area is 182 Å². The molecule has 0 aliphatic heterocycles. The molecule has 8 nitrogen and oxygen atoms in total. The van der Waals surface area contributed by atoms with Crippen LogP contribution in [0.2, 0.25) is 0 Å². The highest BCUT2D eigenvalue weighted by Crippen LogP contribution is 2.19. The van der Waals surface area contributed by atoms with Gasteiger partial charge in [0.05, 0.1) is 18.7 Å². The lowest BCUT2D eigenvalue weighted by atomic mass is 10.1. The fraction of sp³-hybridized carbons (Fsp3) is 0.435. The third-order valence-corrected chi connectivity index (χ3v) is 4.79. The first-order valence-electron chi connectivity index (χ1n) is 10.2. The molecule has 0 spiro atoms. The summed E-state index contributed by atoms with van der Waals surface area (Å²) in [6.45, 7) is 6.01. The predicted molar refractivity (Wildman–Crippen MR) is 115 cm³/mol. The van der Waals surface area contributed by atoms with Crippen LogP contribution >= 0.6 is 0 Å². The van der Waals surface area contributed by atoms with E-state index in [2.05, 4.69) is 10.3 Å². The first kappa shape index (κ1) is 24.1. The van der Waals surface area contributed by atoms with Crippen LogP contribution in [0.4, 0.5) is 0 Å². The number of hydrogen-bond acceptors (Lipinski definition) is 6. The molecule has 1 aromatic heterocycles. The van der Waals surface area contributed by atoms with Gasteiger partial charge in [0.2, 0.25) is 5.91 Å². The van der Waals surface area contributed by atoms with Crippen molar-refractivity contribution < 1.29 is 28.6 Å². The Hall–Kier alpha value is -3.13. The smallest absolute Gasteiger partial charge is 0.355 e. The standard InChI is InChI=1S/C23H30N2O6/c1-15-5-7-18(8-6-15)9-10-19(26)24-11-12-30-23(28)21-16(2)20(17(3)25-21)22(27)31-14-13-29-4/h5-8,25H,9-14H2,1-4H3,(H,24,26). The van der Waals surface area contributed by atoms with Crippen molar-refractivity contribution in [3.63, 3.8) is 0 Å². The Morgan fingerprint density at radius 3 is 2.29 bits per heavy atom. The van der Waals surface area contributed by atoms with Crippen molar-refractivity contribution in [1.82, 2.24) is 10.3 Å². The SMILES string of the molecule is COCCOC(=O)c1c(C)[nH]c(C(=O)OCCNC(=O)CCc2ccc(C)cc2)c1C. The molecule has 31 heavy (non-hydrogen) atoms. The van der Waals surface area contributed by atoms with Crippen LogP contribution in [0.15, 0.2) is 24.3 Å². The van der Waals surface area contributed by atoms with Crippen LogP contribution in [-0.4, -0.2) is 56.3 Å². The summed E-state index contributed by atoms with van der Waals surface area (Å²) in [4.78, 5) is 39.4. The van der Waals surface area contributed by atoms with E-state index in [0.29, 0.717) is 36.3 Å². The topological polar surface area (TPSA) is 107 Å². The summed E-state index contributed by atoms with van der Waals surface area (Å²) in [5.41, 5.74) is 3.77. The van der Waals surface area contributed by atoms with Crippen molar-refractivity contribution in [2.24, 2.45) is 0 Å². The molecule has 1 aromatic carbocycles. The molecule has 2 rings (SSSR count). The Bertz CT molecular complexity index is 902. The van der Waals surface area contributed by atoms with Crippen molar-refractivity contribution in [3.8, 4) is 0 Å². The van der Waals surface area contributed by atoms with Gasteiger partial charge in [-0.05, 0) is 38.3 Å².